The van der Waals surface area contributed by atoms with Gasteiger partial charge in [-0.2, -0.15) is 0 Å². The molecular weight excluding hydrogens is 296 g/mol. The summed E-state index contributed by atoms with van der Waals surface area (Å²) in [6.07, 6.45) is 1.32. The molecule has 0 aromatic heterocycles. The van der Waals surface area contributed by atoms with E-state index in [1.54, 1.807) is 14.2 Å². The lowest BCUT2D eigenvalue weighted by Gasteiger charge is -2.23. The lowest BCUT2D eigenvalue weighted by molar-refractivity contribution is 0.0929. The SMILES string of the molecule is COc1ccc(C(Br)C2OCCC2C)c(OC)c1. The average Bonchev–Trinajstić information content (AvgIpc) is 2.83. The molecule has 1 aromatic rings. The Hall–Kier alpha value is -0.740. The van der Waals surface area contributed by atoms with E-state index < -0.39 is 0 Å². The van der Waals surface area contributed by atoms with Gasteiger partial charge in [-0.1, -0.05) is 28.9 Å². The van der Waals surface area contributed by atoms with Crippen molar-refractivity contribution in [3.8, 4) is 11.5 Å². The minimum absolute atomic E-state index is 0.149. The van der Waals surface area contributed by atoms with Crippen molar-refractivity contribution in [2.45, 2.75) is 24.3 Å². The van der Waals surface area contributed by atoms with Crippen LogP contribution in [0.5, 0.6) is 11.5 Å². The van der Waals surface area contributed by atoms with Crippen LogP contribution in [-0.4, -0.2) is 26.9 Å². The van der Waals surface area contributed by atoms with Crippen LogP contribution in [0.1, 0.15) is 23.7 Å². The van der Waals surface area contributed by atoms with E-state index >= 15 is 0 Å². The molecule has 0 aliphatic carbocycles. The van der Waals surface area contributed by atoms with Crippen LogP contribution in [0.15, 0.2) is 18.2 Å². The van der Waals surface area contributed by atoms with Crippen molar-refractivity contribution in [1.82, 2.24) is 0 Å². The Morgan fingerprint density at radius 2 is 2.11 bits per heavy atom. The minimum Gasteiger partial charge on any atom is -0.497 e. The van der Waals surface area contributed by atoms with Gasteiger partial charge in [0, 0.05) is 18.2 Å². The zero-order valence-corrected chi connectivity index (χ0v) is 12.6. The third kappa shape index (κ3) is 2.64. The Bertz CT molecular complexity index is 408. The lowest BCUT2D eigenvalue weighted by Crippen LogP contribution is -2.19. The van der Waals surface area contributed by atoms with E-state index in [2.05, 4.69) is 22.9 Å². The van der Waals surface area contributed by atoms with Gasteiger partial charge in [0.25, 0.3) is 0 Å². The van der Waals surface area contributed by atoms with Gasteiger partial charge in [0.1, 0.15) is 11.5 Å². The number of alkyl halides is 1. The van der Waals surface area contributed by atoms with Crippen LogP contribution >= 0.6 is 15.9 Å². The van der Waals surface area contributed by atoms with Gasteiger partial charge in [-0.15, -0.1) is 0 Å². The standard InChI is InChI=1S/C14H19BrO3/c1-9-6-7-18-14(9)13(15)11-5-4-10(16-2)8-12(11)17-3/h4-5,8-9,13-14H,6-7H2,1-3H3. The molecule has 1 heterocycles. The maximum Gasteiger partial charge on any atom is 0.126 e. The fourth-order valence-corrected chi connectivity index (χ4v) is 3.37. The maximum atomic E-state index is 5.80. The molecule has 0 saturated carbocycles. The van der Waals surface area contributed by atoms with Gasteiger partial charge in [-0.3, -0.25) is 0 Å². The summed E-state index contributed by atoms with van der Waals surface area (Å²) in [5.41, 5.74) is 1.11. The number of hydrogen-bond donors (Lipinski definition) is 0. The summed E-state index contributed by atoms with van der Waals surface area (Å²) in [5.74, 6) is 2.19. The summed E-state index contributed by atoms with van der Waals surface area (Å²) >= 11 is 3.75. The van der Waals surface area contributed by atoms with E-state index in [1.165, 1.54) is 0 Å². The molecule has 0 bridgehead atoms. The molecule has 1 aromatic carbocycles. The highest BCUT2D eigenvalue weighted by molar-refractivity contribution is 9.09. The fraction of sp³-hybridized carbons (Fsp3) is 0.571. The molecule has 3 unspecified atom stereocenters. The molecule has 0 N–H and O–H groups in total. The van der Waals surface area contributed by atoms with Crippen molar-refractivity contribution in [2.75, 3.05) is 20.8 Å². The van der Waals surface area contributed by atoms with Crippen LogP contribution in [0.25, 0.3) is 0 Å². The first-order valence-corrected chi connectivity index (χ1v) is 7.06. The van der Waals surface area contributed by atoms with Crippen LogP contribution in [0, 0.1) is 5.92 Å². The van der Waals surface area contributed by atoms with Gasteiger partial charge in [0.2, 0.25) is 0 Å². The zero-order valence-electron chi connectivity index (χ0n) is 11.0. The third-order valence-corrected chi connectivity index (χ3v) is 4.48. The van der Waals surface area contributed by atoms with Gasteiger partial charge in [0.15, 0.2) is 0 Å². The Balaban J connectivity index is 2.26. The first-order valence-electron chi connectivity index (χ1n) is 6.15. The summed E-state index contributed by atoms with van der Waals surface area (Å²) in [4.78, 5) is 0.149. The molecule has 1 fully saturated rings. The van der Waals surface area contributed by atoms with Gasteiger partial charge in [-0.05, 0) is 18.4 Å². The Morgan fingerprint density at radius 1 is 1.33 bits per heavy atom. The summed E-state index contributed by atoms with van der Waals surface area (Å²) in [5, 5.41) is 0. The van der Waals surface area contributed by atoms with Crippen LogP contribution in [0.4, 0.5) is 0 Å². The molecule has 1 aliphatic heterocycles. The minimum atomic E-state index is 0.149. The van der Waals surface area contributed by atoms with E-state index in [4.69, 9.17) is 14.2 Å². The van der Waals surface area contributed by atoms with Crippen LogP contribution in [0.3, 0.4) is 0 Å². The second kappa shape index (κ2) is 5.93. The number of methoxy groups -OCH3 is 2. The number of ether oxygens (including phenoxy) is 3. The first-order chi connectivity index (χ1) is 8.67. The molecule has 0 radical (unpaired) electrons. The van der Waals surface area contributed by atoms with E-state index in [9.17, 15) is 0 Å². The Kier molecular flexibility index (Phi) is 4.51. The molecule has 0 amide bonds. The largest absolute Gasteiger partial charge is 0.497 e. The van der Waals surface area contributed by atoms with Crippen molar-refractivity contribution < 1.29 is 14.2 Å². The van der Waals surface area contributed by atoms with E-state index in [1.807, 2.05) is 18.2 Å². The highest BCUT2D eigenvalue weighted by Crippen LogP contribution is 2.41. The Morgan fingerprint density at radius 3 is 2.67 bits per heavy atom. The van der Waals surface area contributed by atoms with E-state index in [0.29, 0.717) is 5.92 Å². The molecule has 1 aliphatic rings. The molecular formula is C14H19BrO3. The molecule has 4 heteroatoms. The van der Waals surface area contributed by atoms with E-state index in [0.717, 1.165) is 30.1 Å². The predicted octanol–water partition coefficient (Wildman–Crippen LogP) is 3.56. The molecule has 100 valence electrons. The fourth-order valence-electron chi connectivity index (χ4n) is 2.31. The molecule has 3 nitrogen and oxygen atoms in total. The third-order valence-electron chi connectivity index (χ3n) is 3.47. The summed E-state index contributed by atoms with van der Waals surface area (Å²) < 4.78 is 16.5. The lowest BCUT2D eigenvalue weighted by atomic mass is 9.97. The van der Waals surface area contributed by atoms with Crippen molar-refractivity contribution in [3.63, 3.8) is 0 Å². The topological polar surface area (TPSA) is 27.7 Å². The van der Waals surface area contributed by atoms with Gasteiger partial charge in [-0.25, -0.2) is 0 Å². The van der Waals surface area contributed by atoms with Crippen LogP contribution in [-0.2, 0) is 4.74 Å². The number of benzene rings is 1. The zero-order chi connectivity index (χ0) is 13.1. The van der Waals surface area contributed by atoms with Crippen LogP contribution in [0.2, 0.25) is 0 Å². The molecule has 0 spiro atoms. The summed E-state index contributed by atoms with van der Waals surface area (Å²) in [6, 6.07) is 5.89. The van der Waals surface area contributed by atoms with Crippen molar-refractivity contribution in [2.24, 2.45) is 5.92 Å². The number of halogens is 1. The first kappa shape index (κ1) is 13.7. The van der Waals surface area contributed by atoms with Gasteiger partial charge < -0.3 is 14.2 Å². The predicted molar refractivity (Wildman–Crippen MR) is 74.7 cm³/mol. The second-order valence-corrected chi connectivity index (χ2v) is 5.60. The maximum absolute atomic E-state index is 5.80. The van der Waals surface area contributed by atoms with Crippen molar-refractivity contribution in [1.29, 1.82) is 0 Å². The summed E-state index contributed by atoms with van der Waals surface area (Å²) in [6.45, 7) is 3.06. The Labute approximate surface area is 117 Å². The molecule has 1 saturated heterocycles. The van der Waals surface area contributed by atoms with Gasteiger partial charge >= 0.3 is 0 Å². The van der Waals surface area contributed by atoms with E-state index in [-0.39, 0.29) is 10.9 Å². The van der Waals surface area contributed by atoms with Crippen LogP contribution < -0.4 is 9.47 Å². The smallest absolute Gasteiger partial charge is 0.126 e. The van der Waals surface area contributed by atoms with Gasteiger partial charge in [0.05, 0.1) is 25.2 Å². The number of hydrogen-bond acceptors (Lipinski definition) is 3. The monoisotopic (exact) mass is 314 g/mol. The normalized spacial score (nSPS) is 24.9. The molecule has 3 atom stereocenters. The highest BCUT2D eigenvalue weighted by Gasteiger charge is 2.32. The second-order valence-electron chi connectivity index (χ2n) is 4.61. The quantitative estimate of drug-likeness (QED) is 0.795. The molecule has 18 heavy (non-hydrogen) atoms. The van der Waals surface area contributed by atoms with Crippen molar-refractivity contribution >= 4 is 15.9 Å². The average molecular weight is 315 g/mol. The summed E-state index contributed by atoms with van der Waals surface area (Å²) in [7, 11) is 3.33. The number of rotatable bonds is 4. The molecule has 2 rings (SSSR count). The van der Waals surface area contributed by atoms with Crippen molar-refractivity contribution in [3.05, 3.63) is 23.8 Å². The highest BCUT2D eigenvalue weighted by atomic mass is 79.9.